The second kappa shape index (κ2) is 20.1. The Hall–Kier alpha value is -3.15. The van der Waals surface area contributed by atoms with E-state index in [0.717, 1.165) is 61.5 Å². The zero-order valence-electron chi connectivity index (χ0n) is 23.8. The van der Waals surface area contributed by atoms with Gasteiger partial charge in [0, 0.05) is 37.1 Å². The summed E-state index contributed by atoms with van der Waals surface area (Å²) in [7, 11) is 1.66. The van der Waals surface area contributed by atoms with Gasteiger partial charge in [-0.05, 0) is 51.7 Å². The number of ketones is 1. The molecule has 3 N–H and O–H groups in total. The third-order valence-corrected chi connectivity index (χ3v) is 5.40. The lowest BCUT2D eigenvalue weighted by Crippen LogP contribution is -2.31. The molecule has 0 aromatic heterocycles. The Labute approximate surface area is 219 Å². The quantitative estimate of drug-likeness (QED) is 0.189. The molecule has 0 unspecified atom stereocenters. The largest absolute Gasteiger partial charge is 0.501 e. The van der Waals surface area contributed by atoms with E-state index in [0.29, 0.717) is 23.5 Å². The van der Waals surface area contributed by atoms with Gasteiger partial charge in [0.1, 0.15) is 11.7 Å². The monoisotopic (exact) mass is 496 g/mol. The second-order valence-corrected chi connectivity index (χ2v) is 7.80. The van der Waals surface area contributed by atoms with Crippen LogP contribution in [0.15, 0.2) is 80.8 Å². The molecule has 0 amide bonds. The lowest BCUT2D eigenvalue weighted by molar-refractivity contribution is -0.115. The molecule has 0 aromatic carbocycles. The first-order valence-electron chi connectivity index (χ1n) is 13.2. The summed E-state index contributed by atoms with van der Waals surface area (Å²) in [4.78, 5) is 21.4. The number of Topliss-reactive ketones (excluding diaryl/α,β-unsaturated/α-hetero) is 1. The van der Waals surface area contributed by atoms with Gasteiger partial charge in [0.15, 0.2) is 5.78 Å². The van der Waals surface area contributed by atoms with Gasteiger partial charge in [-0.1, -0.05) is 64.2 Å². The number of carbonyl (C=O) groups excluding carboxylic acids is 1. The summed E-state index contributed by atoms with van der Waals surface area (Å²) in [5, 5.41) is 3.39. The van der Waals surface area contributed by atoms with Gasteiger partial charge >= 0.3 is 0 Å². The third kappa shape index (κ3) is 12.0. The molecule has 0 fully saturated rings. The van der Waals surface area contributed by atoms with Gasteiger partial charge < -0.3 is 15.8 Å². The van der Waals surface area contributed by atoms with Crippen molar-refractivity contribution in [2.24, 2.45) is 15.7 Å². The normalized spacial score (nSPS) is 20.1. The highest BCUT2D eigenvalue weighted by Gasteiger charge is 2.21. The Kier molecular flexibility index (Phi) is 18.3. The first-order chi connectivity index (χ1) is 17.5. The Morgan fingerprint density at radius 3 is 2.47 bits per heavy atom. The number of methoxy groups -OCH3 is 1. The minimum atomic E-state index is 0.110. The number of allylic oxidation sites excluding steroid dienone is 10. The van der Waals surface area contributed by atoms with Gasteiger partial charge in [-0.2, -0.15) is 0 Å². The molecule has 2 aliphatic heterocycles. The Bertz CT molecular complexity index is 929. The highest BCUT2D eigenvalue weighted by molar-refractivity contribution is 6.10. The molecule has 6 heteroatoms. The lowest BCUT2D eigenvalue weighted by atomic mass is 9.97. The number of nitrogens with zero attached hydrogens (tertiary/aromatic N) is 2. The smallest absolute Gasteiger partial charge is 0.161 e. The van der Waals surface area contributed by atoms with Gasteiger partial charge in [-0.25, -0.2) is 4.99 Å². The Morgan fingerprint density at radius 1 is 1.14 bits per heavy atom. The molecule has 3 rings (SSSR count). The number of hydrogen-bond donors (Lipinski definition) is 2. The van der Waals surface area contributed by atoms with Crippen molar-refractivity contribution in [3.05, 3.63) is 70.8 Å². The molecular formula is C30H48N4O2. The van der Waals surface area contributed by atoms with Crippen molar-refractivity contribution in [3.8, 4) is 0 Å². The second-order valence-electron chi connectivity index (χ2n) is 7.80. The molecule has 0 atom stereocenters. The van der Waals surface area contributed by atoms with Crippen molar-refractivity contribution in [1.29, 1.82) is 0 Å². The fraction of sp³-hybridized carbons (Fsp3) is 0.500. The van der Waals surface area contributed by atoms with Crippen molar-refractivity contribution in [3.63, 3.8) is 0 Å². The van der Waals surface area contributed by atoms with Crippen LogP contribution < -0.4 is 11.1 Å². The van der Waals surface area contributed by atoms with Crippen molar-refractivity contribution in [1.82, 2.24) is 5.32 Å². The molecule has 2 heterocycles. The first kappa shape index (κ1) is 32.8. The van der Waals surface area contributed by atoms with Crippen LogP contribution in [0.3, 0.4) is 0 Å². The molecule has 0 saturated heterocycles. The van der Waals surface area contributed by atoms with E-state index in [-0.39, 0.29) is 5.78 Å². The average Bonchev–Trinajstić information content (AvgIpc) is 3.15. The number of carbonyl (C=O) groups is 1. The summed E-state index contributed by atoms with van der Waals surface area (Å²) in [5.41, 5.74) is 9.77. The molecule has 0 spiro atoms. The van der Waals surface area contributed by atoms with Gasteiger partial charge in [0.05, 0.1) is 18.6 Å². The highest BCUT2D eigenvalue weighted by Crippen LogP contribution is 2.23. The average molecular weight is 497 g/mol. The summed E-state index contributed by atoms with van der Waals surface area (Å²) >= 11 is 0. The summed E-state index contributed by atoms with van der Waals surface area (Å²) < 4.78 is 4.86. The number of nitrogens with two attached hydrogens (primary N) is 1. The maximum atomic E-state index is 12.4. The number of aliphatic imine (C=N–C) groups is 2. The fourth-order valence-corrected chi connectivity index (χ4v) is 3.38. The van der Waals surface area contributed by atoms with Crippen molar-refractivity contribution in [2.75, 3.05) is 13.7 Å². The van der Waals surface area contributed by atoms with Crippen LogP contribution in [0.4, 0.5) is 0 Å². The fourth-order valence-electron chi connectivity index (χ4n) is 3.38. The van der Waals surface area contributed by atoms with Crippen molar-refractivity contribution in [2.45, 2.75) is 87.0 Å². The van der Waals surface area contributed by atoms with E-state index < -0.39 is 0 Å². The summed E-state index contributed by atoms with van der Waals surface area (Å²) in [6.07, 6.45) is 19.1. The van der Waals surface area contributed by atoms with Crippen molar-refractivity contribution >= 4 is 17.5 Å². The predicted octanol–water partition coefficient (Wildman–Crippen LogP) is 7.09. The SMILES string of the molecule is C/C1=C(\C(N)=NC2=NCCCC2)NC2=C(C=CC=CC2)CCC1=O.C/C=C\C=C(/C)OC.CC.CC. The molecular weight excluding hydrogens is 448 g/mol. The maximum absolute atomic E-state index is 12.4. The summed E-state index contributed by atoms with van der Waals surface area (Å²) in [5.74, 6) is 2.18. The van der Waals surface area contributed by atoms with Gasteiger partial charge in [0.25, 0.3) is 0 Å². The number of hydrogen-bond acceptors (Lipinski definition) is 5. The van der Waals surface area contributed by atoms with E-state index in [1.807, 2.05) is 78.8 Å². The van der Waals surface area contributed by atoms with E-state index in [1.54, 1.807) is 7.11 Å². The minimum absolute atomic E-state index is 0.110. The molecule has 36 heavy (non-hydrogen) atoms. The molecule has 0 saturated carbocycles. The number of rotatable bonds is 3. The Morgan fingerprint density at radius 2 is 1.86 bits per heavy atom. The van der Waals surface area contributed by atoms with Crippen LogP contribution in [0.25, 0.3) is 0 Å². The molecule has 0 aromatic rings. The third-order valence-electron chi connectivity index (χ3n) is 5.40. The molecule has 0 radical (unpaired) electrons. The van der Waals surface area contributed by atoms with Crippen LogP contribution in [-0.2, 0) is 9.53 Å². The van der Waals surface area contributed by atoms with E-state index in [9.17, 15) is 4.79 Å². The summed E-state index contributed by atoms with van der Waals surface area (Å²) in [6.45, 7) is 14.5. The van der Waals surface area contributed by atoms with Gasteiger partial charge in [-0.15, -0.1) is 0 Å². The highest BCUT2D eigenvalue weighted by atomic mass is 16.5. The lowest BCUT2D eigenvalue weighted by Gasteiger charge is -2.21. The van der Waals surface area contributed by atoms with Crippen LogP contribution in [0.5, 0.6) is 0 Å². The van der Waals surface area contributed by atoms with Crippen LogP contribution in [-0.4, -0.2) is 31.1 Å². The maximum Gasteiger partial charge on any atom is 0.161 e. The molecule has 0 bridgehead atoms. The number of nitrogens with one attached hydrogen (secondary N) is 1. The number of ether oxygens (including phenoxy) is 1. The Balaban J connectivity index is 0.000000866. The van der Waals surface area contributed by atoms with E-state index in [1.165, 1.54) is 0 Å². The molecule has 3 aliphatic rings. The van der Waals surface area contributed by atoms with Crippen LogP contribution in [0.2, 0.25) is 0 Å². The van der Waals surface area contributed by atoms with Gasteiger partial charge in [0.2, 0.25) is 0 Å². The zero-order chi connectivity index (χ0) is 27.3. The van der Waals surface area contributed by atoms with Crippen LogP contribution in [0, 0.1) is 0 Å². The van der Waals surface area contributed by atoms with Crippen LogP contribution in [0.1, 0.15) is 87.0 Å². The molecule has 200 valence electrons. The first-order valence-corrected chi connectivity index (χ1v) is 13.2. The minimum Gasteiger partial charge on any atom is -0.501 e. The predicted molar refractivity (Wildman–Crippen MR) is 156 cm³/mol. The topological polar surface area (TPSA) is 89.1 Å². The standard InChI is InChI=1S/C19H24N4O.C7H12O.2C2H6/c1-13-16(24)11-10-14-7-3-2-4-8-15(14)22-18(13)19(20)23-17-9-5-6-12-21-17;1-4-5-6-7(2)8-3;2*1-2/h2-4,7,22H,5-6,8-12H2,1H3,(H2,20,21,23);4-6H,1-3H3;2*1-2H3/b18-13-;5-4-,7-6+;;. The van der Waals surface area contributed by atoms with Crippen molar-refractivity contribution < 1.29 is 9.53 Å². The molecule has 1 aliphatic carbocycles. The summed E-state index contributed by atoms with van der Waals surface area (Å²) in [6, 6.07) is 0. The van der Waals surface area contributed by atoms with E-state index >= 15 is 0 Å². The van der Waals surface area contributed by atoms with E-state index in [2.05, 4.69) is 27.5 Å². The van der Waals surface area contributed by atoms with E-state index in [4.69, 9.17) is 10.5 Å². The number of amidine groups is 2. The van der Waals surface area contributed by atoms with Crippen LogP contribution >= 0.6 is 0 Å². The molecule has 6 nitrogen and oxygen atoms in total. The zero-order valence-corrected chi connectivity index (χ0v) is 23.8. The van der Waals surface area contributed by atoms with Gasteiger partial charge in [-0.3, -0.25) is 9.79 Å².